The molecule has 0 aliphatic heterocycles. The van der Waals surface area contributed by atoms with E-state index in [9.17, 15) is 4.79 Å². The van der Waals surface area contributed by atoms with Gasteiger partial charge in [0.25, 0.3) is 0 Å². The summed E-state index contributed by atoms with van der Waals surface area (Å²) in [5.41, 5.74) is 2.47. The molecule has 94 valence electrons. The molecule has 0 saturated carbocycles. The second-order valence-electron chi connectivity index (χ2n) is 4.84. The standard InChI is InChI=1S/C14H22N2O/c1-10(2)13-8-6-5-7-12(13)9-15-14(17)16-11(3)4/h5-8,10-11H,9H2,1-4H3,(H2,15,16,17). The van der Waals surface area contributed by atoms with Crippen LogP contribution < -0.4 is 10.6 Å². The second kappa shape index (κ2) is 6.28. The summed E-state index contributed by atoms with van der Waals surface area (Å²) in [6.45, 7) is 8.79. The van der Waals surface area contributed by atoms with E-state index < -0.39 is 0 Å². The molecule has 0 bridgehead atoms. The predicted octanol–water partition coefficient (Wildman–Crippen LogP) is 3.02. The molecule has 0 saturated heterocycles. The molecule has 2 amide bonds. The van der Waals surface area contributed by atoms with Gasteiger partial charge in [-0.3, -0.25) is 0 Å². The average Bonchev–Trinajstić information content (AvgIpc) is 2.25. The zero-order valence-electron chi connectivity index (χ0n) is 11.1. The van der Waals surface area contributed by atoms with E-state index in [1.165, 1.54) is 11.1 Å². The maximum Gasteiger partial charge on any atom is 0.315 e. The van der Waals surface area contributed by atoms with Gasteiger partial charge >= 0.3 is 6.03 Å². The number of benzene rings is 1. The Balaban J connectivity index is 2.60. The fraction of sp³-hybridized carbons (Fsp3) is 0.500. The van der Waals surface area contributed by atoms with Crippen molar-refractivity contribution in [2.24, 2.45) is 0 Å². The van der Waals surface area contributed by atoms with E-state index in [1.807, 2.05) is 26.0 Å². The van der Waals surface area contributed by atoms with Gasteiger partial charge in [0.1, 0.15) is 0 Å². The molecule has 0 aromatic heterocycles. The molecule has 1 aromatic rings. The molecule has 17 heavy (non-hydrogen) atoms. The fourth-order valence-corrected chi connectivity index (χ4v) is 1.75. The second-order valence-corrected chi connectivity index (χ2v) is 4.84. The zero-order chi connectivity index (χ0) is 12.8. The lowest BCUT2D eigenvalue weighted by Gasteiger charge is -2.14. The van der Waals surface area contributed by atoms with Gasteiger partial charge in [0, 0.05) is 12.6 Å². The Hall–Kier alpha value is -1.51. The largest absolute Gasteiger partial charge is 0.336 e. The molecule has 0 aliphatic carbocycles. The number of amides is 2. The Morgan fingerprint density at radius 2 is 1.82 bits per heavy atom. The highest BCUT2D eigenvalue weighted by atomic mass is 16.2. The highest BCUT2D eigenvalue weighted by Gasteiger charge is 2.07. The van der Waals surface area contributed by atoms with Crippen LogP contribution in [0.1, 0.15) is 44.7 Å². The Morgan fingerprint density at radius 1 is 1.18 bits per heavy atom. The molecular weight excluding hydrogens is 212 g/mol. The topological polar surface area (TPSA) is 41.1 Å². The third-order valence-electron chi connectivity index (χ3n) is 2.54. The van der Waals surface area contributed by atoms with Gasteiger partial charge in [0.2, 0.25) is 0 Å². The number of nitrogens with one attached hydrogen (secondary N) is 2. The number of hydrogen-bond donors (Lipinski definition) is 2. The average molecular weight is 234 g/mol. The van der Waals surface area contributed by atoms with E-state index in [4.69, 9.17) is 0 Å². The number of carbonyl (C=O) groups excluding carboxylic acids is 1. The first-order valence-electron chi connectivity index (χ1n) is 6.13. The van der Waals surface area contributed by atoms with Gasteiger partial charge in [0.15, 0.2) is 0 Å². The van der Waals surface area contributed by atoms with Crippen LogP contribution in [-0.2, 0) is 6.54 Å². The molecule has 0 aliphatic rings. The van der Waals surface area contributed by atoms with Crippen molar-refractivity contribution in [2.45, 2.75) is 46.2 Å². The van der Waals surface area contributed by atoms with Crippen molar-refractivity contribution in [3.63, 3.8) is 0 Å². The van der Waals surface area contributed by atoms with Crippen LogP contribution in [0.5, 0.6) is 0 Å². The van der Waals surface area contributed by atoms with Crippen molar-refractivity contribution in [2.75, 3.05) is 0 Å². The molecule has 0 spiro atoms. The summed E-state index contributed by atoms with van der Waals surface area (Å²) in [6.07, 6.45) is 0. The molecule has 1 aromatic carbocycles. The smallest absolute Gasteiger partial charge is 0.315 e. The van der Waals surface area contributed by atoms with Gasteiger partial charge in [0.05, 0.1) is 0 Å². The summed E-state index contributed by atoms with van der Waals surface area (Å²) in [5.74, 6) is 0.473. The Kier molecular flexibility index (Phi) is 5.01. The lowest BCUT2D eigenvalue weighted by molar-refractivity contribution is 0.238. The number of rotatable bonds is 4. The maximum absolute atomic E-state index is 11.5. The lowest BCUT2D eigenvalue weighted by atomic mass is 9.97. The van der Waals surface area contributed by atoms with Crippen molar-refractivity contribution in [1.29, 1.82) is 0 Å². The van der Waals surface area contributed by atoms with E-state index in [-0.39, 0.29) is 12.1 Å². The minimum Gasteiger partial charge on any atom is -0.336 e. The molecule has 0 atom stereocenters. The minimum atomic E-state index is -0.112. The minimum absolute atomic E-state index is 0.112. The number of urea groups is 1. The van der Waals surface area contributed by atoms with Crippen molar-refractivity contribution in [1.82, 2.24) is 10.6 Å². The Morgan fingerprint density at radius 3 is 2.41 bits per heavy atom. The molecule has 0 unspecified atom stereocenters. The summed E-state index contributed by atoms with van der Waals surface area (Å²) in [4.78, 5) is 11.5. The quantitative estimate of drug-likeness (QED) is 0.826. The molecule has 0 fully saturated rings. The third-order valence-corrected chi connectivity index (χ3v) is 2.54. The highest BCUT2D eigenvalue weighted by Crippen LogP contribution is 2.18. The first kappa shape index (κ1) is 13.6. The Labute approximate surface area is 104 Å². The van der Waals surface area contributed by atoms with Crippen LogP contribution in [0.4, 0.5) is 4.79 Å². The van der Waals surface area contributed by atoms with Crippen LogP contribution in [0, 0.1) is 0 Å². The van der Waals surface area contributed by atoms with Gasteiger partial charge in [-0.1, -0.05) is 38.1 Å². The lowest BCUT2D eigenvalue weighted by Crippen LogP contribution is -2.39. The monoisotopic (exact) mass is 234 g/mol. The van der Waals surface area contributed by atoms with Crippen LogP contribution in [0.25, 0.3) is 0 Å². The third kappa shape index (κ3) is 4.47. The van der Waals surface area contributed by atoms with Crippen LogP contribution in [-0.4, -0.2) is 12.1 Å². The summed E-state index contributed by atoms with van der Waals surface area (Å²) >= 11 is 0. The van der Waals surface area contributed by atoms with Gasteiger partial charge in [-0.15, -0.1) is 0 Å². The SMILES string of the molecule is CC(C)NC(=O)NCc1ccccc1C(C)C. The van der Waals surface area contributed by atoms with Crippen molar-refractivity contribution < 1.29 is 4.79 Å². The van der Waals surface area contributed by atoms with E-state index in [2.05, 4.69) is 36.6 Å². The van der Waals surface area contributed by atoms with Crippen molar-refractivity contribution >= 4 is 6.03 Å². The summed E-state index contributed by atoms with van der Waals surface area (Å²) in [6, 6.07) is 8.26. The maximum atomic E-state index is 11.5. The van der Waals surface area contributed by atoms with E-state index in [1.54, 1.807) is 0 Å². The molecule has 1 rings (SSSR count). The van der Waals surface area contributed by atoms with Crippen LogP contribution in [0.15, 0.2) is 24.3 Å². The van der Waals surface area contributed by atoms with Gasteiger partial charge in [-0.05, 0) is 30.9 Å². The van der Waals surface area contributed by atoms with Crippen LogP contribution in [0.3, 0.4) is 0 Å². The van der Waals surface area contributed by atoms with Crippen molar-refractivity contribution in [3.8, 4) is 0 Å². The van der Waals surface area contributed by atoms with E-state index >= 15 is 0 Å². The highest BCUT2D eigenvalue weighted by molar-refractivity contribution is 5.74. The number of carbonyl (C=O) groups is 1. The van der Waals surface area contributed by atoms with Crippen LogP contribution >= 0.6 is 0 Å². The molecular formula is C14H22N2O. The Bertz CT molecular complexity index is 372. The first-order chi connectivity index (χ1) is 8.00. The number of hydrogen-bond acceptors (Lipinski definition) is 1. The normalized spacial score (nSPS) is 10.7. The van der Waals surface area contributed by atoms with Gasteiger partial charge in [-0.25, -0.2) is 4.79 Å². The summed E-state index contributed by atoms with van der Waals surface area (Å²) in [5, 5.41) is 5.69. The van der Waals surface area contributed by atoms with Crippen molar-refractivity contribution in [3.05, 3.63) is 35.4 Å². The summed E-state index contributed by atoms with van der Waals surface area (Å²) in [7, 11) is 0. The molecule has 2 N–H and O–H groups in total. The molecule has 0 heterocycles. The van der Waals surface area contributed by atoms with Crippen LogP contribution in [0.2, 0.25) is 0 Å². The van der Waals surface area contributed by atoms with Gasteiger partial charge < -0.3 is 10.6 Å². The summed E-state index contributed by atoms with van der Waals surface area (Å²) < 4.78 is 0. The fourth-order valence-electron chi connectivity index (χ4n) is 1.75. The first-order valence-corrected chi connectivity index (χ1v) is 6.13. The molecule has 3 heteroatoms. The van der Waals surface area contributed by atoms with E-state index in [0.29, 0.717) is 12.5 Å². The zero-order valence-corrected chi connectivity index (χ0v) is 11.1. The van der Waals surface area contributed by atoms with Gasteiger partial charge in [-0.2, -0.15) is 0 Å². The predicted molar refractivity (Wildman–Crippen MR) is 71.0 cm³/mol. The molecule has 0 radical (unpaired) electrons. The molecule has 3 nitrogen and oxygen atoms in total. The van der Waals surface area contributed by atoms with E-state index in [0.717, 1.165) is 0 Å².